The predicted molar refractivity (Wildman–Crippen MR) is 64.3 cm³/mol. The van der Waals surface area contributed by atoms with Gasteiger partial charge in [0, 0.05) is 24.4 Å². The van der Waals surface area contributed by atoms with E-state index in [9.17, 15) is 4.39 Å². The van der Waals surface area contributed by atoms with E-state index in [1.807, 2.05) is 24.7 Å². The highest BCUT2D eigenvalue weighted by Gasteiger charge is 2.26. The third-order valence-electron chi connectivity index (χ3n) is 3.32. The molecule has 0 spiro atoms. The van der Waals surface area contributed by atoms with Crippen LogP contribution < -0.4 is 0 Å². The van der Waals surface area contributed by atoms with Gasteiger partial charge in [0.25, 0.3) is 0 Å². The Bertz CT molecular complexity index is 514. The third-order valence-corrected chi connectivity index (χ3v) is 3.32. The molecule has 3 heteroatoms. The van der Waals surface area contributed by atoms with Crippen LogP contribution >= 0.6 is 0 Å². The fourth-order valence-electron chi connectivity index (χ4n) is 2.18. The van der Waals surface area contributed by atoms with Crippen LogP contribution in [0.15, 0.2) is 36.8 Å². The zero-order chi connectivity index (χ0) is 11.7. The number of imidazole rings is 1. The highest BCUT2D eigenvalue weighted by Crippen LogP contribution is 2.39. The van der Waals surface area contributed by atoms with Crippen LogP contribution in [-0.2, 0) is 13.0 Å². The van der Waals surface area contributed by atoms with Crippen molar-refractivity contribution in [3.8, 4) is 0 Å². The highest BCUT2D eigenvalue weighted by atomic mass is 19.1. The van der Waals surface area contributed by atoms with Gasteiger partial charge in [-0.25, -0.2) is 9.37 Å². The van der Waals surface area contributed by atoms with Crippen molar-refractivity contribution in [2.75, 3.05) is 0 Å². The first-order chi connectivity index (χ1) is 8.34. The molecule has 1 fully saturated rings. The van der Waals surface area contributed by atoms with E-state index in [4.69, 9.17) is 0 Å². The molecule has 0 unspecified atom stereocenters. The molecule has 0 radical (unpaired) electrons. The first-order valence-electron chi connectivity index (χ1n) is 6.08. The Morgan fingerprint density at radius 2 is 2.12 bits per heavy atom. The standard InChI is InChI=1S/C14H15FN2/c15-13-4-2-1-3-11(13)7-8-17-10-16-9-14(17)12-5-6-12/h1-4,9-10,12H,5-8H2. The number of aromatic nitrogens is 2. The van der Waals surface area contributed by atoms with Gasteiger partial charge in [-0.05, 0) is 30.9 Å². The maximum atomic E-state index is 13.5. The summed E-state index contributed by atoms with van der Waals surface area (Å²) in [4.78, 5) is 4.19. The highest BCUT2D eigenvalue weighted by molar-refractivity contribution is 5.18. The van der Waals surface area contributed by atoms with E-state index in [1.54, 1.807) is 6.07 Å². The van der Waals surface area contributed by atoms with Crippen molar-refractivity contribution >= 4 is 0 Å². The van der Waals surface area contributed by atoms with Gasteiger partial charge in [-0.15, -0.1) is 0 Å². The number of benzene rings is 1. The molecule has 1 heterocycles. The zero-order valence-electron chi connectivity index (χ0n) is 9.64. The molecule has 88 valence electrons. The Kier molecular flexibility index (Phi) is 2.67. The van der Waals surface area contributed by atoms with Gasteiger partial charge in [0.05, 0.1) is 6.33 Å². The number of halogens is 1. The maximum Gasteiger partial charge on any atom is 0.126 e. The lowest BCUT2D eigenvalue weighted by Crippen LogP contribution is -2.04. The minimum atomic E-state index is -0.111. The second kappa shape index (κ2) is 4.32. The van der Waals surface area contributed by atoms with E-state index < -0.39 is 0 Å². The lowest BCUT2D eigenvalue weighted by molar-refractivity contribution is 0.588. The van der Waals surface area contributed by atoms with Gasteiger partial charge in [-0.1, -0.05) is 18.2 Å². The molecule has 0 saturated heterocycles. The molecule has 1 saturated carbocycles. The van der Waals surface area contributed by atoms with E-state index in [2.05, 4.69) is 9.55 Å². The second-order valence-corrected chi connectivity index (χ2v) is 4.63. The van der Waals surface area contributed by atoms with Crippen LogP contribution in [-0.4, -0.2) is 9.55 Å². The van der Waals surface area contributed by atoms with E-state index in [0.29, 0.717) is 5.92 Å². The Balaban J connectivity index is 1.71. The number of nitrogens with zero attached hydrogens (tertiary/aromatic N) is 2. The van der Waals surface area contributed by atoms with Crippen LogP contribution in [0.1, 0.15) is 30.0 Å². The molecule has 3 rings (SSSR count). The quantitative estimate of drug-likeness (QED) is 0.789. The lowest BCUT2D eigenvalue weighted by atomic mass is 10.1. The third kappa shape index (κ3) is 2.23. The number of aryl methyl sites for hydroxylation is 2. The Morgan fingerprint density at radius 3 is 2.88 bits per heavy atom. The zero-order valence-corrected chi connectivity index (χ0v) is 9.64. The molecule has 0 aliphatic heterocycles. The fraction of sp³-hybridized carbons (Fsp3) is 0.357. The minimum absolute atomic E-state index is 0.111. The molecular weight excluding hydrogens is 215 g/mol. The molecule has 0 atom stereocenters. The topological polar surface area (TPSA) is 17.8 Å². The smallest absolute Gasteiger partial charge is 0.126 e. The SMILES string of the molecule is Fc1ccccc1CCn1cncc1C1CC1. The van der Waals surface area contributed by atoms with Crippen molar-refractivity contribution in [3.63, 3.8) is 0 Å². The van der Waals surface area contributed by atoms with E-state index in [0.717, 1.165) is 18.5 Å². The molecule has 0 amide bonds. The largest absolute Gasteiger partial charge is 0.334 e. The summed E-state index contributed by atoms with van der Waals surface area (Å²) in [5.74, 6) is 0.582. The summed E-state index contributed by atoms with van der Waals surface area (Å²) in [6, 6.07) is 6.98. The van der Waals surface area contributed by atoms with Crippen LogP contribution in [0, 0.1) is 5.82 Å². The molecular formula is C14H15FN2. The molecule has 1 aromatic heterocycles. The number of hydrogen-bond donors (Lipinski definition) is 0. The van der Waals surface area contributed by atoms with Crippen molar-refractivity contribution in [2.24, 2.45) is 0 Å². The minimum Gasteiger partial charge on any atom is -0.334 e. The summed E-state index contributed by atoms with van der Waals surface area (Å²) >= 11 is 0. The number of hydrogen-bond acceptors (Lipinski definition) is 1. The summed E-state index contributed by atoms with van der Waals surface area (Å²) in [5, 5.41) is 0. The molecule has 17 heavy (non-hydrogen) atoms. The van der Waals surface area contributed by atoms with Crippen LogP contribution in [0.5, 0.6) is 0 Å². The van der Waals surface area contributed by atoms with E-state index in [1.165, 1.54) is 24.6 Å². The van der Waals surface area contributed by atoms with Crippen molar-refractivity contribution < 1.29 is 4.39 Å². The van der Waals surface area contributed by atoms with Crippen molar-refractivity contribution in [1.29, 1.82) is 0 Å². The Morgan fingerprint density at radius 1 is 1.29 bits per heavy atom. The van der Waals surface area contributed by atoms with Gasteiger partial charge in [0.1, 0.15) is 5.82 Å². The summed E-state index contributed by atoms with van der Waals surface area (Å²) in [6.45, 7) is 0.812. The van der Waals surface area contributed by atoms with Gasteiger partial charge in [0.15, 0.2) is 0 Å². The van der Waals surface area contributed by atoms with Crippen molar-refractivity contribution in [2.45, 2.75) is 31.7 Å². The van der Waals surface area contributed by atoms with Gasteiger partial charge in [-0.3, -0.25) is 0 Å². The molecule has 0 bridgehead atoms. The average molecular weight is 230 g/mol. The maximum absolute atomic E-state index is 13.5. The molecule has 2 aromatic rings. The van der Waals surface area contributed by atoms with Gasteiger partial charge >= 0.3 is 0 Å². The average Bonchev–Trinajstić information content (AvgIpc) is 3.08. The Hall–Kier alpha value is -1.64. The first-order valence-corrected chi connectivity index (χ1v) is 6.08. The number of rotatable bonds is 4. The predicted octanol–water partition coefficient (Wildman–Crippen LogP) is 3.14. The molecule has 1 aromatic carbocycles. The second-order valence-electron chi connectivity index (χ2n) is 4.63. The molecule has 1 aliphatic carbocycles. The fourth-order valence-corrected chi connectivity index (χ4v) is 2.18. The van der Waals surface area contributed by atoms with Crippen LogP contribution in [0.3, 0.4) is 0 Å². The van der Waals surface area contributed by atoms with Crippen molar-refractivity contribution in [3.05, 3.63) is 53.9 Å². The van der Waals surface area contributed by atoms with Crippen molar-refractivity contribution in [1.82, 2.24) is 9.55 Å². The lowest BCUT2D eigenvalue weighted by Gasteiger charge is -2.07. The monoisotopic (exact) mass is 230 g/mol. The van der Waals surface area contributed by atoms with E-state index >= 15 is 0 Å². The molecule has 2 nitrogen and oxygen atoms in total. The van der Waals surface area contributed by atoms with Gasteiger partial charge in [-0.2, -0.15) is 0 Å². The summed E-state index contributed by atoms with van der Waals surface area (Å²) in [5.41, 5.74) is 2.09. The van der Waals surface area contributed by atoms with E-state index in [-0.39, 0.29) is 5.82 Å². The first kappa shape index (κ1) is 10.5. The Labute approximate surface area is 100 Å². The molecule has 0 N–H and O–H groups in total. The van der Waals surface area contributed by atoms with Crippen LogP contribution in [0.2, 0.25) is 0 Å². The van der Waals surface area contributed by atoms with Crippen LogP contribution in [0.25, 0.3) is 0 Å². The van der Waals surface area contributed by atoms with Gasteiger partial charge < -0.3 is 4.57 Å². The van der Waals surface area contributed by atoms with Crippen LogP contribution in [0.4, 0.5) is 4.39 Å². The van der Waals surface area contributed by atoms with Gasteiger partial charge in [0.2, 0.25) is 0 Å². The summed E-state index contributed by atoms with van der Waals surface area (Å²) in [7, 11) is 0. The molecule has 1 aliphatic rings. The summed E-state index contributed by atoms with van der Waals surface area (Å²) in [6.07, 6.45) is 7.06. The normalized spacial score (nSPS) is 15.1. The summed E-state index contributed by atoms with van der Waals surface area (Å²) < 4.78 is 15.6.